The van der Waals surface area contributed by atoms with E-state index in [1.54, 1.807) is 0 Å². The van der Waals surface area contributed by atoms with Crippen molar-refractivity contribution in [3.05, 3.63) is 29.6 Å². The van der Waals surface area contributed by atoms with E-state index in [0.717, 1.165) is 13.1 Å². The average molecular weight is 209 g/mol. The third-order valence-corrected chi connectivity index (χ3v) is 2.60. The molecule has 0 unspecified atom stereocenters. The predicted molar refractivity (Wildman–Crippen MR) is 54.7 cm³/mol. The van der Waals surface area contributed by atoms with Gasteiger partial charge in [0.1, 0.15) is 5.82 Å². The first-order valence-electron chi connectivity index (χ1n) is 4.85. The highest BCUT2D eigenvalue weighted by atomic mass is 19.1. The number of benzene rings is 1. The highest BCUT2D eigenvalue weighted by Gasteiger charge is 2.25. The molecule has 1 aliphatic rings. The van der Waals surface area contributed by atoms with Crippen LogP contribution in [0.1, 0.15) is 17.3 Å². The number of nitrogens with zero attached hydrogens (tertiary/aromatic N) is 1. The van der Waals surface area contributed by atoms with Crippen LogP contribution in [0.5, 0.6) is 0 Å². The maximum absolute atomic E-state index is 13.4. The lowest BCUT2D eigenvalue weighted by atomic mass is 10.0. The molecule has 0 atom stereocenters. The van der Waals surface area contributed by atoms with Crippen molar-refractivity contribution in [1.82, 2.24) is 0 Å². The predicted octanol–water partition coefficient (Wildman–Crippen LogP) is 1.98. The van der Waals surface area contributed by atoms with Gasteiger partial charge in [-0.05, 0) is 24.1 Å². The molecule has 0 amide bonds. The molecule has 1 N–H and O–H groups in total. The van der Waals surface area contributed by atoms with Gasteiger partial charge in [0.2, 0.25) is 0 Å². The molecule has 15 heavy (non-hydrogen) atoms. The molecule has 0 radical (unpaired) electrons. The number of aromatic carboxylic acids is 1. The van der Waals surface area contributed by atoms with Crippen molar-refractivity contribution in [1.29, 1.82) is 0 Å². The van der Waals surface area contributed by atoms with Crippen LogP contribution in [0.2, 0.25) is 0 Å². The first kappa shape index (κ1) is 9.96. The smallest absolute Gasteiger partial charge is 0.335 e. The largest absolute Gasteiger partial charge is 0.478 e. The Morgan fingerprint density at radius 3 is 2.73 bits per heavy atom. The first-order chi connectivity index (χ1) is 7.08. The van der Waals surface area contributed by atoms with E-state index in [-0.39, 0.29) is 11.4 Å². The zero-order valence-corrected chi connectivity index (χ0v) is 8.40. The van der Waals surface area contributed by atoms with Crippen molar-refractivity contribution in [2.24, 2.45) is 5.92 Å². The van der Waals surface area contributed by atoms with E-state index in [9.17, 15) is 9.18 Å². The van der Waals surface area contributed by atoms with E-state index in [1.807, 2.05) is 4.90 Å². The average Bonchev–Trinajstić information content (AvgIpc) is 2.14. The van der Waals surface area contributed by atoms with Crippen LogP contribution >= 0.6 is 0 Å². The SMILES string of the molecule is CC1CN(c2cc(C(=O)O)ccc2F)C1. The standard InChI is InChI=1S/C11H12FNO2/c1-7-5-13(6-7)10-4-8(11(14)15)2-3-9(10)12/h2-4,7H,5-6H2,1H3,(H,14,15). The zero-order chi connectivity index (χ0) is 11.0. The summed E-state index contributed by atoms with van der Waals surface area (Å²) in [7, 11) is 0. The van der Waals surface area contributed by atoms with Gasteiger partial charge >= 0.3 is 5.97 Å². The molecule has 1 aliphatic heterocycles. The number of hydrogen-bond acceptors (Lipinski definition) is 2. The second-order valence-corrected chi connectivity index (χ2v) is 3.98. The van der Waals surface area contributed by atoms with Crippen LogP contribution in [0.25, 0.3) is 0 Å². The van der Waals surface area contributed by atoms with Gasteiger partial charge in [0.15, 0.2) is 0 Å². The summed E-state index contributed by atoms with van der Waals surface area (Å²) in [5, 5.41) is 8.78. The maximum atomic E-state index is 13.4. The van der Waals surface area contributed by atoms with E-state index in [2.05, 4.69) is 6.92 Å². The molecule has 0 bridgehead atoms. The Kier molecular flexibility index (Phi) is 2.34. The molecule has 1 heterocycles. The summed E-state index contributed by atoms with van der Waals surface area (Å²) in [5.74, 6) is -0.824. The normalized spacial score (nSPS) is 16.3. The van der Waals surface area contributed by atoms with Crippen LogP contribution in [0.3, 0.4) is 0 Å². The van der Waals surface area contributed by atoms with E-state index >= 15 is 0 Å². The van der Waals surface area contributed by atoms with E-state index in [4.69, 9.17) is 5.11 Å². The van der Waals surface area contributed by atoms with E-state index in [0.29, 0.717) is 11.6 Å². The number of rotatable bonds is 2. The molecule has 2 rings (SSSR count). The van der Waals surface area contributed by atoms with Crippen LogP contribution < -0.4 is 4.90 Å². The Bertz CT molecular complexity index is 400. The highest BCUT2D eigenvalue weighted by Crippen LogP contribution is 2.27. The van der Waals surface area contributed by atoms with Crippen LogP contribution in [0.4, 0.5) is 10.1 Å². The van der Waals surface area contributed by atoms with Gasteiger partial charge < -0.3 is 10.0 Å². The van der Waals surface area contributed by atoms with Crippen LogP contribution in [0.15, 0.2) is 18.2 Å². The van der Waals surface area contributed by atoms with Crippen molar-refractivity contribution in [2.45, 2.75) is 6.92 Å². The van der Waals surface area contributed by atoms with Crippen molar-refractivity contribution >= 4 is 11.7 Å². The van der Waals surface area contributed by atoms with Crippen molar-refractivity contribution < 1.29 is 14.3 Å². The van der Waals surface area contributed by atoms with Gasteiger partial charge in [-0.25, -0.2) is 9.18 Å². The maximum Gasteiger partial charge on any atom is 0.335 e. The lowest BCUT2D eigenvalue weighted by Crippen LogP contribution is -2.45. The summed E-state index contributed by atoms with van der Waals surface area (Å²) in [4.78, 5) is 12.6. The third kappa shape index (κ3) is 1.79. The third-order valence-electron chi connectivity index (χ3n) is 2.60. The Morgan fingerprint density at radius 2 is 2.20 bits per heavy atom. The minimum atomic E-state index is -1.02. The fraction of sp³-hybridized carbons (Fsp3) is 0.364. The molecule has 0 aliphatic carbocycles. The molecule has 0 aromatic heterocycles. The van der Waals surface area contributed by atoms with Crippen LogP contribution in [-0.4, -0.2) is 24.2 Å². The quantitative estimate of drug-likeness (QED) is 0.809. The molecule has 80 valence electrons. The summed E-state index contributed by atoms with van der Waals surface area (Å²) in [6.07, 6.45) is 0. The van der Waals surface area contributed by atoms with Gasteiger partial charge in [-0.3, -0.25) is 0 Å². The van der Waals surface area contributed by atoms with Crippen LogP contribution in [-0.2, 0) is 0 Å². The first-order valence-corrected chi connectivity index (χ1v) is 4.85. The van der Waals surface area contributed by atoms with Crippen molar-refractivity contribution in [2.75, 3.05) is 18.0 Å². The molecular formula is C11H12FNO2. The second kappa shape index (κ2) is 3.53. The topological polar surface area (TPSA) is 40.5 Å². The lowest BCUT2D eigenvalue weighted by Gasteiger charge is -2.39. The Labute approximate surface area is 87.1 Å². The number of carboxylic acids is 1. The molecule has 1 aromatic carbocycles. The Morgan fingerprint density at radius 1 is 1.53 bits per heavy atom. The van der Waals surface area contributed by atoms with Crippen LogP contribution in [0, 0.1) is 11.7 Å². The molecule has 4 heteroatoms. The summed E-state index contributed by atoms with van der Waals surface area (Å²) in [5.41, 5.74) is 0.527. The van der Waals surface area contributed by atoms with Gasteiger partial charge in [-0.2, -0.15) is 0 Å². The number of halogens is 1. The lowest BCUT2D eigenvalue weighted by molar-refractivity contribution is 0.0697. The summed E-state index contributed by atoms with van der Waals surface area (Å²) in [6.45, 7) is 3.66. The highest BCUT2D eigenvalue weighted by molar-refractivity contribution is 5.89. The fourth-order valence-electron chi connectivity index (χ4n) is 1.78. The molecule has 0 spiro atoms. The number of hydrogen-bond donors (Lipinski definition) is 1. The molecular weight excluding hydrogens is 197 g/mol. The zero-order valence-electron chi connectivity index (χ0n) is 8.40. The van der Waals surface area contributed by atoms with Gasteiger partial charge in [-0.1, -0.05) is 6.92 Å². The minimum absolute atomic E-state index is 0.131. The summed E-state index contributed by atoms with van der Waals surface area (Å²) in [6, 6.07) is 3.88. The van der Waals surface area contributed by atoms with Gasteiger partial charge in [0, 0.05) is 13.1 Å². The summed E-state index contributed by atoms with van der Waals surface area (Å²) >= 11 is 0. The van der Waals surface area contributed by atoms with Gasteiger partial charge in [0.05, 0.1) is 11.3 Å². The Balaban J connectivity index is 2.29. The van der Waals surface area contributed by atoms with Crippen molar-refractivity contribution in [3.63, 3.8) is 0 Å². The molecule has 1 aromatic rings. The van der Waals surface area contributed by atoms with E-state index in [1.165, 1.54) is 18.2 Å². The van der Waals surface area contributed by atoms with Gasteiger partial charge in [-0.15, -0.1) is 0 Å². The minimum Gasteiger partial charge on any atom is -0.478 e. The number of anilines is 1. The second-order valence-electron chi connectivity index (χ2n) is 3.98. The molecule has 0 saturated carbocycles. The Hall–Kier alpha value is -1.58. The number of carboxylic acid groups (broad SMARTS) is 1. The molecule has 1 fully saturated rings. The molecule has 1 saturated heterocycles. The summed E-state index contributed by atoms with van der Waals surface area (Å²) < 4.78 is 13.4. The fourth-order valence-corrected chi connectivity index (χ4v) is 1.78. The van der Waals surface area contributed by atoms with Gasteiger partial charge in [0.25, 0.3) is 0 Å². The monoisotopic (exact) mass is 209 g/mol. The number of carbonyl (C=O) groups is 1. The van der Waals surface area contributed by atoms with E-state index < -0.39 is 5.97 Å². The van der Waals surface area contributed by atoms with Crippen molar-refractivity contribution in [3.8, 4) is 0 Å². The molecule has 3 nitrogen and oxygen atoms in total.